The van der Waals surface area contributed by atoms with Gasteiger partial charge in [0.15, 0.2) is 19.7 Å². The Kier molecular flexibility index (Phi) is 3.86. The van der Waals surface area contributed by atoms with Crippen molar-refractivity contribution in [1.82, 2.24) is 0 Å². The normalized spacial score (nSPS) is 13.3. The van der Waals surface area contributed by atoms with Gasteiger partial charge in [0.25, 0.3) is 0 Å². The van der Waals surface area contributed by atoms with Crippen LogP contribution in [0.2, 0.25) is 0 Å². The van der Waals surface area contributed by atoms with E-state index >= 15 is 0 Å². The molecule has 0 rings (SSSR count). The van der Waals surface area contributed by atoms with Crippen LogP contribution in [0.15, 0.2) is 0 Å². The van der Waals surface area contributed by atoms with Gasteiger partial charge in [-0.05, 0) is 0 Å². The summed E-state index contributed by atoms with van der Waals surface area (Å²) in [4.78, 5) is 0. The van der Waals surface area contributed by atoms with Gasteiger partial charge in [0, 0.05) is 12.5 Å². The SMILES string of the molecule is CS(=O)(=O)CSCS(C)(=O)=O. The molecule has 0 spiro atoms. The molecule has 0 aliphatic carbocycles. The lowest BCUT2D eigenvalue weighted by Gasteiger charge is -1.96. The summed E-state index contributed by atoms with van der Waals surface area (Å²) in [5.41, 5.74) is 0. The van der Waals surface area contributed by atoms with Crippen molar-refractivity contribution in [3.05, 3.63) is 0 Å². The van der Waals surface area contributed by atoms with Gasteiger partial charge in [-0.25, -0.2) is 16.8 Å². The highest BCUT2D eigenvalue weighted by Gasteiger charge is 2.06. The third kappa shape index (κ3) is 10.2. The molecule has 0 radical (unpaired) electrons. The summed E-state index contributed by atoms with van der Waals surface area (Å²) in [6.07, 6.45) is 2.14. The Labute approximate surface area is 71.2 Å². The lowest BCUT2D eigenvalue weighted by Crippen LogP contribution is -2.04. The third-order valence-corrected chi connectivity index (χ3v) is 5.35. The highest BCUT2D eigenvalue weighted by Crippen LogP contribution is 2.06. The second kappa shape index (κ2) is 3.77. The predicted molar refractivity (Wildman–Crippen MR) is 47.0 cm³/mol. The van der Waals surface area contributed by atoms with Crippen LogP contribution < -0.4 is 0 Å². The van der Waals surface area contributed by atoms with E-state index in [0.717, 1.165) is 24.3 Å². The summed E-state index contributed by atoms with van der Waals surface area (Å²) in [5, 5.41) is -0.278. The maximum absolute atomic E-state index is 10.5. The molecule has 0 saturated heterocycles. The number of hydrogen-bond acceptors (Lipinski definition) is 5. The average Bonchev–Trinajstić information content (AvgIpc) is 1.55. The number of rotatable bonds is 4. The van der Waals surface area contributed by atoms with E-state index in [1.54, 1.807) is 0 Å². The monoisotopic (exact) mass is 218 g/mol. The van der Waals surface area contributed by atoms with Crippen LogP contribution in [0.3, 0.4) is 0 Å². The highest BCUT2D eigenvalue weighted by molar-refractivity contribution is 8.18. The molecule has 68 valence electrons. The van der Waals surface area contributed by atoms with Gasteiger partial charge in [-0.1, -0.05) is 0 Å². The first kappa shape index (κ1) is 11.2. The Hall–Kier alpha value is 0.250. The molecule has 0 aliphatic rings. The maximum Gasteiger partial charge on any atom is 0.156 e. The first-order valence-electron chi connectivity index (χ1n) is 2.64. The minimum absolute atomic E-state index is 0.139. The Bertz CT molecular complexity index is 266. The summed E-state index contributed by atoms with van der Waals surface area (Å²) < 4.78 is 42.0. The highest BCUT2D eigenvalue weighted by atomic mass is 32.3. The quantitative estimate of drug-likeness (QED) is 0.649. The van der Waals surface area contributed by atoms with Crippen molar-refractivity contribution in [2.75, 3.05) is 22.7 Å². The second-order valence-electron chi connectivity index (χ2n) is 2.29. The molecule has 0 heterocycles. The van der Waals surface area contributed by atoms with Crippen LogP contribution in [0.5, 0.6) is 0 Å². The fourth-order valence-corrected chi connectivity index (χ4v) is 3.64. The van der Waals surface area contributed by atoms with Crippen LogP contribution in [-0.4, -0.2) is 39.5 Å². The molecule has 4 nitrogen and oxygen atoms in total. The van der Waals surface area contributed by atoms with Crippen molar-refractivity contribution in [3.8, 4) is 0 Å². The molecule has 0 aromatic heterocycles. The first-order chi connectivity index (χ1) is 4.71. The average molecular weight is 218 g/mol. The molecule has 0 atom stereocenters. The van der Waals surface area contributed by atoms with Gasteiger partial charge < -0.3 is 0 Å². The topological polar surface area (TPSA) is 68.3 Å². The molecule has 11 heavy (non-hydrogen) atoms. The fraction of sp³-hybridized carbons (Fsp3) is 1.00. The van der Waals surface area contributed by atoms with Gasteiger partial charge in [-0.15, -0.1) is 11.8 Å². The van der Waals surface area contributed by atoms with Crippen molar-refractivity contribution >= 4 is 31.4 Å². The van der Waals surface area contributed by atoms with E-state index in [1.807, 2.05) is 0 Å². The molecule has 7 heteroatoms. The standard InChI is InChI=1S/C4H10O4S3/c1-10(5,6)3-9-4-11(2,7)8/h3-4H2,1-2H3. The maximum atomic E-state index is 10.5. The summed E-state index contributed by atoms with van der Waals surface area (Å²) in [6.45, 7) is 0. The van der Waals surface area contributed by atoms with E-state index in [4.69, 9.17) is 0 Å². The van der Waals surface area contributed by atoms with E-state index in [-0.39, 0.29) is 10.2 Å². The van der Waals surface area contributed by atoms with Crippen LogP contribution >= 0.6 is 11.8 Å². The second-order valence-corrected chi connectivity index (χ2v) is 8.29. The summed E-state index contributed by atoms with van der Waals surface area (Å²) in [7, 11) is -6.10. The number of sulfone groups is 2. The van der Waals surface area contributed by atoms with Gasteiger partial charge >= 0.3 is 0 Å². The molecule has 0 fully saturated rings. The first-order valence-corrected chi connectivity index (χ1v) is 7.91. The van der Waals surface area contributed by atoms with Crippen LogP contribution in [0.25, 0.3) is 0 Å². The smallest absolute Gasteiger partial charge is 0.156 e. The summed E-state index contributed by atoms with van der Waals surface area (Å²) >= 11 is 0.891. The number of hydrogen-bond donors (Lipinski definition) is 0. The van der Waals surface area contributed by atoms with Crippen molar-refractivity contribution in [2.24, 2.45) is 0 Å². The molecule has 0 aromatic carbocycles. The van der Waals surface area contributed by atoms with E-state index in [1.165, 1.54) is 0 Å². The van der Waals surface area contributed by atoms with E-state index < -0.39 is 19.7 Å². The molecule has 0 unspecified atom stereocenters. The Morgan fingerprint density at radius 2 is 1.18 bits per heavy atom. The minimum Gasteiger partial charge on any atom is -0.228 e. The summed E-state index contributed by atoms with van der Waals surface area (Å²) in [6, 6.07) is 0. The van der Waals surface area contributed by atoms with Crippen molar-refractivity contribution < 1.29 is 16.8 Å². The van der Waals surface area contributed by atoms with Crippen molar-refractivity contribution in [2.45, 2.75) is 0 Å². The number of thioether (sulfide) groups is 1. The van der Waals surface area contributed by atoms with Crippen LogP contribution in [0.4, 0.5) is 0 Å². The van der Waals surface area contributed by atoms with Gasteiger partial charge in [0.05, 0.1) is 10.2 Å². The zero-order valence-corrected chi connectivity index (χ0v) is 8.72. The van der Waals surface area contributed by atoms with Gasteiger partial charge in [0.2, 0.25) is 0 Å². The van der Waals surface area contributed by atoms with E-state index in [0.29, 0.717) is 0 Å². The van der Waals surface area contributed by atoms with Gasteiger partial charge in [-0.2, -0.15) is 0 Å². The minimum atomic E-state index is -3.05. The van der Waals surface area contributed by atoms with Gasteiger partial charge in [-0.3, -0.25) is 0 Å². The van der Waals surface area contributed by atoms with Crippen LogP contribution in [0.1, 0.15) is 0 Å². The Morgan fingerprint density at radius 1 is 0.909 bits per heavy atom. The molecule has 0 aliphatic heterocycles. The Morgan fingerprint density at radius 3 is 1.36 bits per heavy atom. The van der Waals surface area contributed by atoms with Crippen LogP contribution in [-0.2, 0) is 19.7 Å². The molecular formula is C4H10O4S3. The lowest BCUT2D eigenvalue weighted by atomic mass is 11.8. The predicted octanol–water partition coefficient (Wildman–Crippen LogP) is -0.276. The Balaban J connectivity index is 3.79. The van der Waals surface area contributed by atoms with E-state index in [2.05, 4.69) is 0 Å². The molecule has 0 amide bonds. The molecule has 0 aromatic rings. The molecule has 0 N–H and O–H groups in total. The molecular weight excluding hydrogens is 208 g/mol. The van der Waals surface area contributed by atoms with Crippen LogP contribution in [0, 0.1) is 0 Å². The molecule has 0 bridgehead atoms. The third-order valence-electron chi connectivity index (χ3n) is 0.595. The lowest BCUT2D eigenvalue weighted by molar-refractivity contribution is 0.605. The van der Waals surface area contributed by atoms with Crippen molar-refractivity contribution in [3.63, 3.8) is 0 Å². The fourth-order valence-electron chi connectivity index (χ4n) is 0.337. The largest absolute Gasteiger partial charge is 0.228 e. The zero-order chi connectivity index (χ0) is 9.12. The zero-order valence-electron chi connectivity index (χ0n) is 6.27. The molecule has 0 saturated carbocycles. The summed E-state index contributed by atoms with van der Waals surface area (Å²) in [5.74, 6) is 0. The van der Waals surface area contributed by atoms with Crippen molar-refractivity contribution in [1.29, 1.82) is 0 Å². The van der Waals surface area contributed by atoms with E-state index in [9.17, 15) is 16.8 Å². The van der Waals surface area contributed by atoms with Gasteiger partial charge in [0.1, 0.15) is 0 Å².